The highest BCUT2D eigenvalue weighted by atomic mass is 16.3. The molecular weight excluding hydrogens is 474 g/mol. The Hall–Kier alpha value is -3.13. The zero-order valence-corrected chi connectivity index (χ0v) is 24.5. The maximum absolute atomic E-state index is 9.77. The molecule has 0 aliphatic heterocycles. The van der Waals surface area contributed by atoms with Crippen LogP contribution in [-0.2, 0) is 17.9 Å². The number of nitrogens with zero attached hydrogens (tertiary/aromatic N) is 1. The van der Waals surface area contributed by atoms with Crippen LogP contribution in [0.1, 0.15) is 102 Å². The zero-order chi connectivity index (χ0) is 28.0. The minimum atomic E-state index is -0.511. The van der Waals surface area contributed by atoms with Crippen molar-refractivity contribution in [3.63, 3.8) is 0 Å². The lowest BCUT2D eigenvalue weighted by molar-refractivity contribution is -0.661. The Morgan fingerprint density at radius 1 is 0.795 bits per heavy atom. The molecule has 0 atom stereocenters. The fourth-order valence-corrected chi connectivity index (χ4v) is 7.77. The van der Waals surface area contributed by atoms with E-state index in [-0.39, 0.29) is 10.8 Å². The summed E-state index contributed by atoms with van der Waals surface area (Å²) in [4.78, 5) is 0. The van der Waals surface area contributed by atoms with Crippen molar-refractivity contribution < 1.29 is 10.4 Å². The van der Waals surface area contributed by atoms with Crippen LogP contribution in [0.2, 0.25) is 0 Å². The van der Waals surface area contributed by atoms with Crippen LogP contribution in [0.5, 0.6) is 0 Å². The molecule has 2 heterocycles. The molecule has 0 radical (unpaired) electrons. The minimum Gasteiger partial charge on any atom is -0.454 e. The van der Waals surface area contributed by atoms with Crippen LogP contribution >= 0.6 is 0 Å². The van der Waals surface area contributed by atoms with Gasteiger partial charge in [0.1, 0.15) is 18.2 Å². The number of hydrogen-bond donors (Lipinski definition) is 0. The van der Waals surface area contributed by atoms with Crippen LogP contribution < -0.4 is 4.57 Å². The highest BCUT2D eigenvalue weighted by molar-refractivity contribution is 6.17. The van der Waals surface area contributed by atoms with Crippen LogP contribution in [0, 0.1) is 6.92 Å². The van der Waals surface area contributed by atoms with Crippen LogP contribution in [0.4, 0.5) is 0 Å². The number of furan rings is 1. The maximum Gasteiger partial charge on any atom is 0.220 e. The molecule has 0 saturated heterocycles. The first-order chi connectivity index (χ1) is 19.0. The first-order valence-corrected chi connectivity index (χ1v) is 14.9. The summed E-state index contributed by atoms with van der Waals surface area (Å²) >= 11 is 0. The molecule has 1 saturated carbocycles. The predicted molar refractivity (Wildman–Crippen MR) is 164 cm³/mol. The van der Waals surface area contributed by atoms with E-state index in [1.165, 1.54) is 56.1 Å². The molecule has 0 amide bonds. The molecule has 2 aromatic heterocycles. The summed E-state index contributed by atoms with van der Waals surface area (Å²) in [5.74, 6) is -0.511. The molecule has 2 aliphatic rings. The van der Waals surface area contributed by atoms with Crippen LogP contribution in [-0.4, -0.2) is 0 Å². The Labute approximate surface area is 234 Å². The summed E-state index contributed by atoms with van der Waals surface area (Å²) in [6.07, 6.45) is 10.1. The molecular formula is C37H42NO+. The first kappa shape index (κ1) is 23.7. The molecule has 0 bridgehead atoms. The van der Waals surface area contributed by atoms with Crippen LogP contribution in [0.25, 0.3) is 44.0 Å². The lowest BCUT2D eigenvalue weighted by atomic mass is 9.60. The van der Waals surface area contributed by atoms with Gasteiger partial charge in [-0.15, -0.1) is 0 Å². The van der Waals surface area contributed by atoms with E-state index in [1.54, 1.807) is 0 Å². The van der Waals surface area contributed by atoms with E-state index >= 15 is 0 Å². The molecule has 2 nitrogen and oxygen atoms in total. The van der Waals surface area contributed by atoms with E-state index in [2.05, 4.69) is 101 Å². The molecule has 0 unspecified atom stereocenters. The number of fused-ring (bicyclic) bond motifs is 6. The molecule has 5 aromatic rings. The number of benzene rings is 3. The van der Waals surface area contributed by atoms with Crippen molar-refractivity contribution in [3.05, 3.63) is 77.0 Å². The molecule has 200 valence electrons. The molecule has 2 aliphatic carbocycles. The largest absolute Gasteiger partial charge is 0.454 e. The van der Waals surface area contributed by atoms with Gasteiger partial charge in [-0.2, -0.15) is 0 Å². The highest BCUT2D eigenvalue weighted by Gasteiger charge is 2.46. The van der Waals surface area contributed by atoms with Crippen molar-refractivity contribution in [1.82, 2.24) is 0 Å². The Balaban J connectivity index is 1.62. The topological polar surface area (TPSA) is 17.0 Å². The Morgan fingerprint density at radius 2 is 1.46 bits per heavy atom. The van der Waals surface area contributed by atoms with E-state index in [4.69, 9.17) is 4.42 Å². The van der Waals surface area contributed by atoms with Crippen molar-refractivity contribution >= 4 is 32.7 Å². The molecule has 7 rings (SSSR count). The summed E-state index contributed by atoms with van der Waals surface area (Å²) in [5.41, 5.74) is 9.81. The van der Waals surface area contributed by atoms with Crippen LogP contribution in [0.3, 0.4) is 0 Å². The predicted octanol–water partition coefficient (Wildman–Crippen LogP) is 9.94. The first-order valence-electron chi connectivity index (χ1n) is 15.4. The Morgan fingerprint density at radius 3 is 2.23 bits per heavy atom. The summed E-state index contributed by atoms with van der Waals surface area (Å²) < 4.78 is 19.0. The second-order valence-electron chi connectivity index (χ2n) is 13.6. The van der Waals surface area contributed by atoms with Gasteiger partial charge in [-0.1, -0.05) is 89.4 Å². The lowest BCUT2D eigenvalue weighted by Crippen LogP contribution is -2.43. The second-order valence-corrected chi connectivity index (χ2v) is 13.6. The van der Waals surface area contributed by atoms with Gasteiger partial charge in [0.05, 0.1) is 5.56 Å². The van der Waals surface area contributed by atoms with Gasteiger partial charge in [-0.3, -0.25) is 0 Å². The lowest BCUT2D eigenvalue weighted by Gasteiger charge is -2.44. The van der Waals surface area contributed by atoms with Gasteiger partial charge in [0.25, 0.3) is 0 Å². The average Bonchev–Trinajstić information content (AvgIpc) is 3.31. The zero-order valence-electron chi connectivity index (χ0n) is 25.5. The van der Waals surface area contributed by atoms with E-state index in [0.29, 0.717) is 0 Å². The molecule has 1 fully saturated rings. The summed E-state index contributed by atoms with van der Waals surface area (Å²) in [5, 5.41) is 4.72. The summed E-state index contributed by atoms with van der Waals surface area (Å²) in [7, 11) is 2.21. The Bertz CT molecular complexity index is 1820. The smallest absolute Gasteiger partial charge is 0.220 e. The Kier molecular flexibility index (Phi) is 5.28. The normalized spacial score (nSPS) is 20.3. The molecule has 0 spiro atoms. The van der Waals surface area contributed by atoms with E-state index in [9.17, 15) is 1.37 Å². The SMILES string of the molecule is [2H]C1(c2c[n+](C)c(-c3c(C)ccc4c3oc3c5ccccc5ccc43)c3c2C(C)(C)CCC3(C)C)CCCCC1. The molecule has 3 aromatic carbocycles. The van der Waals surface area contributed by atoms with E-state index in [0.717, 1.165) is 55.1 Å². The summed E-state index contributed by atoms with van der Waals surface area (Å²) in [6, 6.07) is 17.5. The number of hydrogen-bond acceptors (Lipinski definition) is 1. The number of pyridine rings is 1. The molecule has 2 heteroatoms. The van der Waals surface area contributed by atoms with Gasteiger partial charge in [-0.25, -0.2) is 4.57 Å². The number of aryl methyl sites for hydroxylation is 2. The monoisotopic (exact) mass is 517 g/mol. The van der Waals surface area contributed by atoms with Gasteiger partial charge < -0.3 is 4.42 Å². The molecule has 39 heavy (non-hydrogen) atoms. The number of aromatic nitrogens is 1. The summed E-state index contributed by atoms with van der Waals surface area (Å²) in [6.45, 7) is 11.9. The highest BCUT2D eigenvalue weighted by Crippen LogP contribution is 2.53. The van der Waals surface area contributed by atoms with Gasteiger partial charge in [0.15, 0.2) is 6.20 Å². The quantitative estimate of drug-likeness (QED) is 0.213. The third-order valence-electron chi connectivity index (χ3n) is 9.97. The van der Waals surface area contributed by atoms with E-state index < -0.39 is 5.89 Å². The van der Waals surface area contributed by atoms with Crippen LogP contribution in [0.15, 0.2) is 59.1 Å². The second kappa shape index (κ2) is 8.68. The van der Waals surface area contributed by atoms with Gasteiger partial charge in [-0.05, 0) is 71.9 Å². The molecule has 0 N–H and O–H groups in total. The van der Waals surface area contributed by atoms with Gasteiger partial charge >= 0.3 is 0 Å². The van der Waals surface area contributed by atoms with Gasteiger partial charge in [0, 0.05) is 28.7 Å². The average molecular weight is 518 g/mol. The fourth-order valence-electron chi connectivity index (χ4n) is 7.77. The van der Waals surface area contributed by atoms with Crippen molar-refractivity contribution in [2.75, 3.05) is 0 Å². The standard InChI is InChI=1S/C37H42NO/c1-23-16-18-28-27-19-17-25-14-10-11-15-26(25)34(27)39-35(28)30(23)33-32-31(36(2,3)20-21-37(32,4)5)29(22-38(33)6)24-12-8-7-9-13-24/h10-11,14-19,22,24H,7-9,12-13,20-21H2,1-6H3/q+1/i24D. The van der Waals surface area contributed by atoms with Gasteiger partial charge in [0.2, 0.25) is 5.69 Å². The maximum atomic E-state index is 9.77. The third-order valence-corrected chi connectivity index (χ3v) is 9.97. The van der Waals surface area contributed by atoms with Crippen molar-refractivity contribution in [1.29, 1.82) is 0 Å². The van der Waals surface area contributed by atoms with Crippen molar-refractivity contribution in [2.24, 2.45) is 7.05 Å². The fraction of sp³-hybridized carbons (Fsp3) is 0.432. The van der Waals surface area contributed by atoms with E-state index in [1.807, 2.05) is 0 Å². The third kappa shape index (κ3) is 3.70. The van der Waals surface area contributed by atoms with Crippen molar-refractivity contribution in [3.8, 4) is 11.3 Å². The van der Waals surface area contributed by atoms with Crippen molar-refractivity contribution in [2.45, 2.75) is 96.3 Å². The minimum absolute atomic E-state index is 0.00764. The number of rotatable bonds is 2.